The fraction of sp³-hybridized carbons (Fsp3) is 0. The molecule has 3 aromatic heterocycles. The first-order valence-electron chi connectivity index (χ1n) is 21.1. The molecule has 0 N–H and O–H groups in total. The largest absolute Gasteiger partial charge is 0.309 e. The van der Waals surface area contributed by atoms with Crippen LogP contribution in [-0.4, -0.2) is 19.1 Å². The van der Waals surface area contributed by atoms with Gasteiger partial charge < -0.3 is 4.57 Å². The van der Waals surface area contributed by atoms with Crippen LogP contribution in [0.3, 0.4) is 0 Å². The third-order valence-electron chi connectivity index (χ3n) is 12.2. The molecule has 9 aromatic carbocycles. The van der Waals surface area contributed by atoms with Crippen molar-refractivity contribution in [3.63, 3.8) is 0 Å². The normalized spacial score (nSPS) is 11.5. The van der Waals surface area contributed by atoms with Gasteiger partial charge in [0.15, 0.2) is 5.82 Å². The van der Waals surface area contributed by atoms with Crippen LogP contribution < -0.4 is 0 Å². The molecule has 0 amide bonds. The van der Waals surface area contributed by atoms with Gasteiger partial charge in [-0.1, -0.05) is 170 Å². The predicted octanol–water partition coefficient (Wildman–Crippen LogP) is 15.0. The molecule has 62 heavy (non-hydrogen) atoms. The van der Waals surface area contributed by atoms with Gasteiger partial charge in [0, 0.05) is 44.4 Å². The molecule has 4 heteroatoms. The first-order chi connectivity index (χ1) is 30.7. The van der Waals surface area contributed by atoms with Gasteiger partial charge in [0.25, 0.3) is 0 Å². The van der Waals surface area contributed by atoms with Crippen molar-refractivity contribution < 1.29 is 0 Å². The molecular formula is C58H38N4. The van der Waals surface area contributed by atoms with Gasteiger partial charge in [-0.05, 0) is 88.0 Å². The maximum Gasteiger partial charge on any atom is 0.162 e. The molecule has 0 radical (unpaired) electrons. The molecule has 0 aliphatic rings. The third kappa shape index (κ3) is 6.08. The molecule has 0 unspecified atom stereocenters. The van der Waals surface area contributed by atoms with Crippen molar-refractivity contribution in [1.82, 2.24) is 19.1 Å². The van der Waals surface area contributed by atoms with Crippen molar-refractivity contribution in [2.75, 3.05) is 0 Å². The molecule has 12 aromatic rings. The smallest absolute Gasteiger partial charge is 0.162 e. The molecule has 4 nitrogen and oxygen atoms in total. The Balaban J connectivity index is 0.990. The Labute approximate surface area is 359 Å². The Kier molecular flexibility index (Phi) is 8.46. The summed E-state index contributed by atoms with van der Waals surface area (Å²) < 4.78 is 4.67. The highest BCUT2D eigenvalue weighted by Crippen LogP contribution is 2.39. The topological polar surface area (TPSA) is 35.6 Å². The summed E-state index contributed by atoms with van der Waals surface area (Å²) in [5.41, 5.74) is 15.6. The Morgan fingerprint density at radius 2 is 0.694 bits per heavy atom. The van der Waals surface area contributed by atoms with Crippen LogP contribution in [0.25, 0.3) is 111 Å². The van der Waals surface area contributed by atoms with E-state index >= 15 is 0 Å². The Morgan fingerprint density at radius 1 is 0.258 bits per heavy atom. The van der Waals surface area contributed by atoms with Gasteiger partial charge in [-0.25, -0.2) is 9.97 Å². The van der Waals surface area contributed by atoms with Crippen LogP contribution >= 0.6 is 0 Å². The number of benzene rings is 9. The Hall–Kier alpha value is -8.34. The van der Waals surface area contributed by atoms with Gasteiger partial charge in [-0.3, -0.25) is 4.57 Å². The van der Waals surface area contributed by atoms with Crippen LogP contribution in [0.2, 0.25) is 0 Å². The second-order valence-electron chi connectivity index (χ2n) is 15.8. The maximum absolute atomic E-state index is 5.31. The van der Waals surface area contributed by atoms with E-state index in [2.05, 4.69) is 221 Å². The van der Waals surface area contributed by atoms with Crippen LogP contribution in [0, 0.1) is 0 Å². The molecule has 0 atom stereocenters. The second kappa shape index (κ2) is 14.7. The predicted molar refractivity (Wildman–Crippen MR) is 258 cm³/mol. The summed E-state index contributed by atoms with van der Waals surface area (Å²) in [5, 5.41) is 4.83. The lowest BCUT2D eigenvalue weighted by molar-refractivity contribution is 1.05. The average molecular weight is 791 g/mol. The summed E-state index contributed by atoms with van der Waals surface area (Å²) in [6.07, 6.45) is 0. The van der Waals surface area contributed by atoms with Crippen LogP contribution in [0.5, 0.6) is 0 Å². The number of hydrogen-bond donors (Lipinski definition) is 0. The van der Waals surface area contributed by atoms with Crippen LogP contribution in [0.4, 0.5) is 0 Å². The maximum atomic E-state index is 5.31. The van der Waals surface area contributed by atoms with E-state index < -0.39 is 0 Å². The summed E-state index contributed by atoms with van der Waals surface area (Å²) in [6.45, 7) is 0. The van der Waals surface area contributed by atoms with E-state index in [0.717, 1.165) is 50.5 Å². The fourth-order valence-corrected chi connectivity index (χ4v) is 9.16. The number of rotatable bonds is 7. The van der Waals surface area contributed by atoms with E-state index in [1.54, 1.807) is 0 Å². The van der Waals surface area contributed by atoms with Crippen molar-refractivity contribution in [3.8, 4) is 67.5 Å². The van der Waals surface area contributed by atoms with Crippen molar-refractivity contribution >= 4 is 43.6 Å². The fourth-order valence-electron chi connectivity index (χ4n) is 9.16. The lowest BCUT2D eigenvalue weighted by Crippen LogP contribution is -2.02. The van der Waals surface area contributed by atoms with Gasteiger partial charge >= 0.3 is 0 Å². The lowest BCUT2D eigenvalue weighted by atomic mass is 9.98. The summed E-state index contributed by atoms with van der Waals surface area (Å²) in [4.78, 5) is 10.5. The van der Waals surface area contributed by atoms with E-state index in [1.165, 1.54) is 54.8 Å². The first-order valence-corrected chi connectivity index (χ1v) is 21.1. The minimum Gasteiger partial charge on any atom is -0.309 e. The SMILES string of the molecule is c1ccc(-c2ccc(-c3cccc(-c4cc(-n5c6ccccc6c6cc(-c7ccc8c(c7)c7ccccc7n8-c7ccccc7)ccc65)nc(-c5ccccc5)n4)c3)cc2)cc1. The molecule has 3 heterocycles. The molecule has 0 bridgehead atoms. The second-order valence-corrected chi connectivity index (χ2v) is 15.8. The molecule has 0 saturated heterocycles. The molecule has 290 valence electrons. The summed E-state index contributed by atoms with van der Waals surface area (Å²) in [7, 11) is 0. The summed E-state index contributed by atoms with van der Waals surface area (Å²) >= 11 is 0. The number of nitrogens with zero attached hydrogens (tertiary/aromatic N) is 4. The van der Waals surface area contributed by atoms with E-state index in [9.17, 15) is 0 Å². The minimum absolute atomic E-state index is 0.682. The zero-order valence-electron chi connectivity index (χ0n) is 33.7. The summed E-state index contributed by atoms with van der Waals surface area (Å²) in [5.74, 6) is 1.50. The van der Waals surface area contributed by atoms with E-state index in [1.807, 2.05) is 18.2 Å². The van der Waals surface area contributed by atoms with E-state index in [0.29, 0.717) is 5.82 Å². The number of aromatic nitrogens is 4. The van der Waals surface area contributed by atoms with Crippen LogP contribution in [0.1, 0.15) is 0 Å². The number of hydrogen-bond acceptors (Lipinski definition) is 2. The standard InChI is InChI=1S/C58H38N4/c1-4-15-39(16-5-1)40-27-29-41(30-28-40)43-19-14-20-46(35-43)52-38-57(60-58(59-52)42-17-6-2-7-18-42)62-54-26-13-11-24-49(54)51-37-45(32-34-56(51)62)44-31-33-55-50(36-44)48-23-10-12-25-53(48)61(55)47-21-8-3-9-22-47/h1-38H. The zero-order valence-corrected chi connectivity index (χ0v) is 33.7. The molecule has 0 saturated carbocycles. The minimum atomic E-state index is 0.682. The van der Waals surface area contributed by atoms with Gasteiger partial charge in [0.2, 0.25) is 0 Å². The van der Waals surface area contributed by atoms with Crippen LogP contribution in [0.15, 0.2) is 231 Å². The number of fused-ring (bicyclic) bond motifs is 6. The van der Waals surface area contributed by atoms with Gasteiger partial charge in [0.05, 0.1) is 27.8 Å². The average Bonchev–Trinajstić information content (AvgIpc) is 3.87. The van der Waals surface area contributed by atoms with Gasteiger partial charge in [-0.15, -0.1) is 0 Å². The molecule has 12 rings (SSSR count). The highest BCUT2D eigenvalue weighted by atomic mass is 15.1. The van der Waals surface area contributed by atoms with Gasteiger partial charge in [-0.2, -0.15) is 0 Å². The molecular weight excluding hydrogens is 753 g/mol. The Bertz CT molecular complexity index is 3600. The van der Waals surface area contributed by atoms with E-state index in [4.69, 9.17) is 9.97 Å². The Morgan fingerprint density at radius 3 is 1.34 bits per heavy atom. The molecule has 0 spiro atoms. The zero-order chi connectivity index (χ0) is 41.0. The van der Waals surface area contributed by atoms with Crippen molar-refractivity contribution in [2.45, 2.75) is 0 Å². The van der Waals surface area contributed by atoms with Gasteiger partial charge in [0.1, 0.15) is 5.82 Å². The molecule has 0 fully saturated rings. The lowest BCUT2D eigenvalue weighted by Gasteiger charge is -2.13. The summed E-state index contributed by atoms with van der Waals surface area (Å²) in [6, 6.07) is 82.2. The third-order valence-corrected chi connectivity index (χ3v) is 12.2. The number of para-hydroxylation sites is 3. The van der Waals surface area contributed by atoms with Crippen molar-refractivity contribution in [3.05, 3.63) is 231 Å². The first kappa shape index (κ1) is 35.6. The van der Waals surface area contributed by atoms with Crippen LogP contribution in [-0.2, 0) is 0 Å². The molecule has 0 aliphatic carbocycles. The highest BCUT2D eigenvalue weighted by Gasteiger charge is 2.19. The van der Waals surface area contributed by atoms with Crippen molar-refractivity contribution in [2.24, 2.45) is 0 Å². The van der Waals surface area contributed by atoms with Crippen molar-refractivity contribution in [1.29, 1.82) is 0 Å². The highest BCUT2D eigenvalue weighted by molar-refractivity contribution is 6.12. The molecule has 0 aliphatic heterocycles. The quantitative estimate of drug-likeness (QED) is 0.161. The monoisotopic (exact) mass is 790 g/mol. The van der Waals surface area contributed by atoms with E-state index in [-0.39, 0.29) is 0 Å².